The third-order valence-corrected chi connectivity index (χ3v) is 6.59. The van der Waals surface area contributed by atoms with Crippen molar-refractivity contribution in [1.82, 2.24) is 4.72 Å². The maximum Gasteiger partial charge on any atom is 0.270 e. The summed E-state index contributed by atoms with van der Waals surface area (Å²) in [5, 5.41) is 11.0. The second-order valence-corrected chi connectivity index (χ2v) is 8.38. The van der Waals surface area contributed by atoms with Crippen LogP contribution in [-0.2, 0) is 10.0 Å². The van der Waals surface area contributed by atoms with Gasteiger partial charge in [0.25, 0.3) is 5.69 Å². The van der Waals surface area contributed by atoms with E-state index in [0.717, 1.165) is 24.5 Å². The highest BCUT2D eigenvalue weighted by atomic mass is 32.2. The van der Waals surface area contributed by atoms with Gasteiger partial charge >= 0.3 is 0 Å². The molecule has 0 bridgehead atoms. The molecule has 1 aliphatic heterocycles. The molecule has 8 heteroatoms. The SMILES string of the molecule is CCC1(CC)C[C@@H](NS(=O)(=O)c2cccc([N+](=O)[O-])c2)c2ccccc2O1. The van der Waals surface area contributed by atoms with Gasteiger partial charge in [0, 0.05) is 24.1 Å². The van der Waals surface area contributed by atoms with Crippen LogP contribution in [0.25, 0.3) is 0 Å². The van der Waals surface area contributed by atoms with E-state index >= 15 is 0 Å². The first-order valence-corrected chi connectivity index (χ1v) is 10.3. The van der Waals surface area contributed by atoms with Crippen molar-refractivity contribution in [3.05, 3.63) is 64.2 Å². The number of nitrogens with one attached hydrogen (secondary N) is 1. The fraction of sp³-hybridized carbons (Fsp3) is 0.368. The number of nitro benzene ring substituents is 1. The van der Waals surface area contributed by atoms with Gasteiger partial charge in [-0.3, -0.25) is 10.1 Å². The molecule has 1 aliphatic rings. The standard InChI is InChI=1S/C19H22N2O5S/c1-3-19(4-2)13-17(16-10-5-6-11-18(16)26-19)20-27(24,25)15-9-7-8-14(12-15)21(22)23/h5-12,17,20H,3-4,13H2,1-2H3/t17-/m1/s1. The van der Waals surface area contributed by atoms with Crippen molar-refractivity contribution in [3.63, 3.8) is 0 Å². The zero-order chi connectivity index (χ0) is 19.7. The Morgan fingerprint density at radius 2 is 1.89 bits per heavy atom. The maximum absolute atomic E-state index is 12.9. The molecule has 0 saturated carbocycles. The normalized spacial score (nSPS) is 18.4. The molecule has 0 unspecified atom stereocenters. The first-order valence-electron chi connectivity index (χ1n) is 8.85. The second-order valence-electron chi connectivity index (χ2n) is 6.66. The van der Waals surface area contributed by atoms with Gasteiger partial charge in [-0.25, -0.2) is 13.1 Å². The van der Waals surface area contributed by atoms with E-state index in [1.165, 1.54) is 18.2 Å². The molecule has 0 aromatic heterocycles. The van der Waals surface area contributed by atoms with Crippen LogP contribution in [0.5, 0.6) is 5.75 Å². The molecule has 1 heterocycles. The van der Waals surface area contributed by atoms with E-state index < -0.39 is 26.6 Å². The average Bonchev–Trinajstić information content (AvgIpc) is 2.67. The summed E-state index contributed by atoms with van der Waals surface area (Å²) in [6.45, 7) is 4.03. The summed E-state index contributed by atoms with van der Waals surface area (Å²) in [6, 6.07) is 11.9. The van der Waals surface area contributed by atoms with Crippen molar-refractivity contribution in [2.75, 3.05) is 0 Å². The van der Waals surface area contributed by atoms with E-state index in [-0.39, 0.29) is 10.6 Å². The average molecular weight is 390 g/mol. The Bertz CT molecular complexity index is 954. The van der Waals surface area contributed by atoms with E-state index in [1.54, 1.807) is 0 Å². The monoisotopic (exact) mass is 390 g/mol. The van der Waals surface area contributed by atoms with Crippen LogP contribution in [0, 0.1) is 10.1 Å². The number of para-hydroxylation sites is 1. The van der Waals surface area contributed by atoms with Gasteiger partial charge in [0.1, 0.15) is 11.4 Å². The van der Waals surface area contributed by atoms with Crippen LogP contribution in [-0.4, -0.2) is 18.9 Å². The molecule has 1 atom stereocenters. The molecule has 2 aromatic rings. The van der Waals surface area contributed by atoms with Gasteiger partial charge < -0.3 is 4.74 Å². The number of benzene rings is 2. The molecular weight excluding hydrogens is 368 g/mol. The fourth-order valence-corrected chi connectivity index (χ4v) is 4.68. The molecule has 1 N–H and O–H groups in total. The predicted octanol–water partition coefficient (Wildman–Crippen LogP) is 3.96. The van der Waals surface area contributed by atoms with Crippen LogP contribution >= 0.6 is 0 Å². The van der Waals surface area contributed by atoms with Gasteiger partial charge in [0.2, 0.25) is 10.0 Å². The summed E-state index contributed by atoms with van der Waals surface area (Å²) < 4.78 is 34.7. The van der Waals surface area contributed by atoms with Crippen LogP contribution in [0.1, 0.15) is 44.7 Å². The van der Waals surface area contributed by atoms with Gasteiger partial charge in [-0.2, -0.15) is 0 Å². The zero-order valence-electron chi connectivity index (χ0n) is 15.2. The predicted molar refractivity (Wildman–Crippen MR) is 101 cm³/mol. The Balaban J connectivity index is 1.98. The van der Waals surface area contributed by atoms with Crippen LogP contribution in [0.4, 0.5) is 5.69 Å². The Hall–Kier alpha value is -2.45. The molecule has 0 aliphatic carbocycles. The number of sulfonamides is 1. The molecule has 144 valence electrons. The lowest BCUT2D eigenvalue weighted by molar-refractivity contribution is -0.385. The van der Waals surface area contributed by atoms with Crippen molar-refractivity contribution >= 4 is 15.7 Å². The number of non-ortho nitro benzene ring substituents is 1. The van der Waals surface area contributed by atoms with Crippen LogP contribution in [0.3, 0.4) is 0 Å². The van der Waals surface area contributed by atoms with Gasteiger partial charge in [0.05, 0.1) is 15.9 Å². The quantitative estimate of drug-likeness (QED) is 0.595. The summed E-state index contributed by atoms with van der Waals surface area (Å²) in [5.74, 6) is 0.666. The Morgan fingerprint density at radius 3 is 2.56 bits per heavy atom. The minimum absolute atomic E-state index is 0.126. The van der Waals surface area contributed by atoms with Gasteiger partial charge in [-0.15, -0.1) is 0 Å². The molecule has 0 amide bonds. The Kier molecular flexibility index (Phi) is 5.21. The zero-order valence-corrected chi connectivity index (χ0v) is 16.0. The van der Waals surface area contributed by atoms with Gasteiger partial charge in [-0.1, -0.05) is 38.1 Å². The number of nitrogens with zero attached hydrogens (tertiary/aromatic N) is 1. The highest BCUT2D eigenvalue weighted by Crippen LogP contribution is 2.43. The Labute approximate surface area is 158 Å². The number of ether oxygens (including phenoxy) is 1. The molecule has 27 heavy (non-hydrogen) atoms. The number of nitro groups is 1. The number of hydrogen-bond acceptors (Lipinski definition) is 5. The lowest BCUT2D eigenvalue weighted by atomic mass is 9.84. The minimum Gasteiger partial charge on any atom is -0.487 e. The Morgan fingerprint density at radius 1 is 1.19 bits per heavy atom. The number of hydrogen-bond donors (Lipinski definition) is 1. The highest BCUT2D eigenvalue weighted by Gasteiger charge is 2.40. The second kappa shape index (κ2) is 7.28. The van der Waals surface area contributed by atoms with E-state index in [4.69, 9.17) is 4.74 Å². The molecule has 0 fully saturated rings. The molecule has 0 saturated heterocycles. The van der Waals surface area contributed by atoms with Crippen molar-refractivity contribution in [3.8, 4) is 5.75 Å². The van der Waals surface area contributed by atoms with E-state index in [2.05, 4.69) is 4.72 Å². The molecule has 7 nitrogen and oxygen atoms in total. The largest absolute Gasteiger partial charge is 0.487 e. The molecule has 2 aromatic carbocycles. The summed E-state index contributed by atoms with van der Waals surface area (Å²) in [5.41, 5.74) is 0.0512. The molecule has 3 rings (SSSR count). The van der Waals surface area contributed by atoms with Crippen molar-refractivity contribution in [2.45, 2.75) is 49.6 Å². The van der Waals surface area contributed by atoms with E-state index in [9.17, 15) is 18.5 Å². The lowest BCUT2D eigenvalue weighted by Gasteiger charge is -2.41. The van der Waals surface area contributed by atoms with Crippen molar-refractivity contribution < 1.29 is 18.1 Å². The number of fused-ring (bicyclic) bond motifs is 1. The third-order valence-electron chi connectivity index (χ3n) is 5.12. The van der Waals surface area contributed by atoms with Crippen LogP contribution in [0.15, 0.2) is 53.4 Å². The number of rotatable bonds is 6. The summed E-state index contributed by atoms with van der Waals surface area (Å²) in [6.07, 6.45) is 1.98. The van der Waals surface area contributed by atoms with Crippen molar-refractivity contribution in [2.24, 2.45) is 0 Å². The van der Waals surface area contributed by atoms with E-state index in [1.807, 2.05) is 38.1 Å². The minimum atomic E-state index is -3.94. The smallest absolute Gasteiger partial charge is 0.270 e. The van der Waals surface area contributed by atoms with Crippen LogP contribution < -0.4 is 9.46 Å². The lowest BCUT2D eigenvalue weighted by Crippen LogP contribution is -2.44. The van der Waals surface area contributed by atoms with Gasteiger partial charge in [-0.05, 0) is 25.0 Å². The summed E-state index contributed by atoms with van der Waals surface area (Å²) in [4.78, 5) is 10.2. The first-order chi connectivity index (χ1) is 12.8. The van der Waals surface area contributed by atoms with Crippen LogP contribution in [0.2, 0.25) is 0 Å². The van der Waals surface area contributed by atoms with Crippen molar-refractivity contribution in [1.29, 1.82) is 0 Å². The fourth-order valence-electron chi connectivity index (χ4n) is 3.43. The summed E-state index contributed by atoms with van der Waals surface area (Å²) >= 11 is 0. The molecule has 0 radical (unpaired) electrons. The molecular formula is C19H22N2O5S. The first kappa shape index (κ1) is 19.3. The maximum atomic E-state index is 12.9. The highest BCUT2D eigenvalue weighted by molar-refractivity contribution is 7.89. The topological polar surface area (TPSA) is 98.5 Å². The van der Waals surface area contributed by atoms with Gasteiger partial charge in [0.15, 0.2) is 0 Å². The third kappa shape index (κ3) is 3.81. The molecule has 0 spiro atoms. The summed E-state index contributed by atoms with van der Waals surface area (Å²) in [7, 11) is -3.94. The van der Waals surface area contributed by atoms with E-state index in [0.29, 0.717) is 12.2 Å².